The Morgan fingerprint density at radius 1 is 1.34 bits per heavy atom. The topological polar surface area (TPSA) is 56.2 Å². The first-order valence-electron chi connectivity index (χ1n) is 8.97. The number of rotatable bonds is 8. The molecular formula is C20H23ClF3N3O2. The summed E-state index contributed by atoms with van der Waals surface area (Å²) in [6.45, 7) is 4.22. The van der Waals surface area contributed by atoms with Gasteiger partial charge in [-0.2, -0.15) is 18.3 Å². The number of ether oxygens (including phenoxy) is 1. The number of amides is 1. The van der Waals surface area contributed by atoms with Crippen molar-refractivity contribution in [2.24, 2.45) is 0 Å². The fourth-order valence-corrected chi connectivity index (χ4v) is 2.93. The molecule has 0 saturated heterocycles. The van der Waals surface area contributed by atoms with Crippen LogP contribution < -0.4 is 5.32 Å². The third-order valence-electron chi connectivity index (χ3n) is 4.14. The van der Waals surface area contributed by atoms with E-state index in [1.54, 1.807) is 13.0 Å². The molecule has 0 aliphatic rings. The SMILES string of the molecule is Cc1nn(Cc2ccccc2Cl)c(C)c1/C=C/C(=O)NC(C)COCC(F)(F)F. The lowest BCUT2D eigenvalue weighted by atomic mass is 10.1. The maximum Gasteiger partial charge on any atom is 0.411 e. The molecule has 0 bridgehead atoms. The molecule has 2 aromatic rings. The molecule has 2 rings (SSSR count). The molecule has 1 unspecified atom stereocenters. The first-order valence-corrected chi connectivity index (χ1v) is 9.35. The predicted octanol–water partition coefficient (Wildman–Crippen LogP) is 4.30. The van der Waals surface area contributed by atoms with Crippen LogP contribution in [0.2, 0.25) is 5.02 Å². The highest BCUT2D eigenvalue weighted by Gasteiger charge is 2.27. The molecule has 5 nitrogen and oxygen atoms in total. The van der Waals surface area contributed by atoms with Gasteiger partial charge in [-0.15, -0.1) is 0 Å². The number of nitrogens with zero attached hydrogens (tertiary/aromatic N) is 2. The number of hydrogen-bond acceptors (Lipinski definition) is 3. The van der Waals surface area contributed by atoms with Gasteiger partial charge in [0.25, 0.3) is 0 Å². The summed E-state index contributed by atoms with van der Waals surface area (Å²) >= 11 is 6.20. The van der Waals surface area contributed by atoms with E-state index in [1.807, 2.05) is 42.8 Å². The number of aryl methyl sites for hydroxylation is 1. The number of alkyl halides is 3. The van der Waals surface area contributed by atoms with Gasteiger partial charge in [0, 0.05) is 28.4 Å². The largest absolute Gasteiger partial charge is 0.411 e. The van der Waals surface area contributed by atoms with Crippen molar-refractivity contribution < 1.29 is 22.7 Å². The van der Waals surface area contributed by atoms with Gasteiger partial charge in [0.1, 0.15) is 6.61 Å². The monoisotopic (exact) mass is 429 g/mol. The Labute approximate surface area is 172 Å². The minimum Gasteiger partial charge on any atom is -0.370 e. The average Bonchev–Trinajstić information content (AvgIpc) is 2.87. The van der Waals surface area contributed by atoms with Crippen LogP contribution in [0.25, 0.3) is 6.08 Å². The second kappa shape index (κ2) is 9.93. The fourth-order valence-electron chi connectivity index (χ4n) is 2.74. The van der Waals surface area contributed by atoms with Crippen LogP contribution in [0.15, 0.2) is 30.3 Å². The van der Waals surface area contributed by atoms with Crippen LogP contribution in [0.5, 0.6) is 0 Å². The molecule has 0 aliphatic carbocycles. The van der Waals surface area contributed by atoms with Gasteiger partial charge >= 0.3 is 6.18 Å². The van der Waals surface area contributed by atoms with Crippen LogP contribution in [0, 0.1) is 13.8 Å². The minimum absolute atomic E-state index is 0.229. The highest BCUT2D eigenvalue weighted by Crippen LogP contribution is 2.20. The minimum atomic E-state index is -4.39. The predicted molar refractivity (Wildman–Crippen MR) is 106 cm³/mol. The number of nitrogens with one attached hydrogen (secondary N) is 1. The fraction of sp³-hybridized carbons (Fsp3) is 0.400. The Hall–Kier alpha value is -2.32. The van der Waals surface area contributed by atoms with Crippen LogP contribution >= 0.6 is 11.6 Å². The Morgan fingerprint density at radius 2 is 2.03 bits per heavy atom. The average molecular weight is 430 g/mol. The lowest BCUT2D eigenvalue weighted by molar-refractivity contribution is -0.175. The molecule has 0 spiro atoms. The summed E-state index contributed by atoms with van der Waals surface area (Å²) < 4.78 is 42.6. The van der Waals surface area contributed by atoms with Gasteiger partial charge in [0.2, 0.25) is 5.91 Å². The summed E-state index contributed by atoms with van der Waals surface area (Å²) in [6.07, 6.45) is -1.42. The quantitative estimate of drug-likeness (QED) is 0.636. The van der Waals surface area contributed by atoms with Crippen molar-refractivity contribution in [1.29, 1.82) is 0 Å². The van der Waals surface area contributed by atoms with Gasteiger partial charge in [-0.1, -0.05) is 29.8 Å². The zero-order chi connectivity index (χ0) is 21.6. The zero-order valence-electron chi connectivity index (χ0n) is 16.4. The Bertz CT molecular complexity index is 878. The number of halogens is 4. The van der Waals surface area contributed by atoms with Gasteiger partial charge in [-0.3, -0.25) is 9.48 Å². The number of hydrogen-bond donors (Lipinski definition) is 1. The molecule has 1 atom stereocenters. The molecular weight excluding hydrogens is 407 g/mol. The van der Waals surface area contributed by atoms with Crippen LogP contribution in [0.4, 0.5) is 13.2 Å². The summed E-state index contributed by atoms with van der Waals surface area (Å²) in [5.41, 5.74) is 3.35. The number of aromatic nitrogens is 2. The first kappa shape index (κ1) is 23.0. The first-order chi connectivity index (χ1) is 13.6. The van der Waals surface area contributed by atoms with Crippen LogP contribution in [0.1, 0.15) is 29.4 Å². The normalized spacial score (nSPS) is 13.1. The Morgan fingerprint density at radius 3 is 2.69 bits per heavy atom. The number of benzene rings is 1. The van der Waals surface area contributed by atoms with Crippen molar-refractivity contribution in [1.82, 2.24) is 15.1 Å². The number of carbonyl (C=O) groups is 1. The highest BCUT2D eigenvalue weighted by atomic mass is 35.5. The van der Waals surface area contributed by atoms with E-state index in [0.29, 0.717) is 11.6 Å². The van der Waals surface area contributed by atoms with E-state index >= 15 is 0 Å². The Kier molecular flexibility index (Phi) is 7.87. The van der Waals surface area contributed by atoms with Crippen LogP contribution in [-0.4, -0.2) is 41.1 Å². The van der Waals surface area contributed by atoms with Crippen molar-refractivity contribution in [2.45, 2.75) is 39.5 Å². The second-order valence-electron chi connectivity index (χ2n) is 6.71. The van der Waals surface area contributed by atoms with Crippen molar-refractivity contribution >= 4 is 23.6 Å². The van der Waals surface area contributed by atoms with Gasteiger partial charge in [0.15, 0.2) is 0 Å². The lowest BCUT2D eigenvalue weighted by Gasteiger charge is -2.14. The standard InChI is InChI=1S/C20H23ClF3N3O2/c1-13(11-29-12-20(22,23)24)25-19(28)9-8-17-14(2)26-27(15(17)3)10-16-6-4-5-7-18(16)21/h4-9,13H,10-12H2,1-3H3,(H,25,28)/b9-8+. The van der Waals surface area contributed by atoms with Crippen molar-refractivity contribution in [3.8, 4) is 0 Å². The van der Waals surface area contributed by atoms with Crippen LogP contribution in [-0.2, 0) is 16.1 Å². The summed E-state index contributed by atoms with van der Waals surface area (Å²) in [4.78, 5) is 12.0. The summed E-state index contributed by atoms with van der Waals surface area (Å²) in [5, 5.41) is 7.72. The highest BCUT2D eigenvalue weighted by molar-refractivity contribution is 6.31. The summed E-state index contributed by atoms with van der Waals surface area (Å²) in [7, 11) is 0. The summed E-state index contributed by atoms with van der Waals surface area (Å²) in [5.74, 6) is -0.425. The maximum absolute atomic E-state index is 12.1. The molecule has 1 aromatic heterocycles. The molecule has 1 aromatic carbocycles. The third-order valence-corrected chi connectivity index (χ3v) is 4.51. The molecule has 0 aliphatic heterocycles. The van der Waals surface area contributed by atoms with E-state index in [2.05, 4.69) is 15.2 Å². The molecule has 9 heteroatoms. The lowest BCUT2D eigenvalue weighted by Crippen LogP contribution is -2.35. The molecule has 0 radical (unpaired) electrons. The molecule has 1 N–H and O–H groups in total. The molecule has 0 saturated carbocycles. The molecule has 1 heterocycles. The van der Waals surface area contributed by atoms with Gasteiger partial charge < -0.3 is 10.1 Å². The van der Waals surface area contributed by atoms with Crippen molar-refractivity contribution in [3.63, 3.8) is 0 Å². The van der Waals surface area contributed by atoms with E-state index in [1.165, 1.54) is 6.08 Å². The smallest absolute Gasteiger partial charge is 0.370 e. The molecule has 0 fully saturated rings. The van der Waals surface area contributed by atoms with E-state index in [0.717, 1.165) is 22.5 Å². The Balaban J connectivity index is 1.97. The number of carbonyl (C=O) groups excluding carboxylic acids is 1. The van der Waals surface area contributed by atoms with E-state index in [-0.39, 0.29) is 6.61 Å². The van der Waals surface area contributed by atoms with Crippen molar-refractivity contribution in [2.75, 3.05) is 13.2 Å². The zero-order valence-corrected chi connectivity index (χ0v) is 17.1. The summed E-state index contributed by atoms with van der Waals surface area (Å²) in [6, 6.07) is 6.93. The van der Waals surface area contributed by atoms with Gasteiger partial charge in [-0.05, 0) is 38.5 Å². The molecule has 158 valence electrons. The van der Waals surface area contributed by atoms with E-state index in [9.17, 15) is 18.0 Å². The van der Waals surface area contributed by atoms with E-state index in [4.69, 9.17) is 11.6 Å². The third kappa shape index (κ3) is 7.21. The van der Waals surface area contributed by atoms with Gasteiger partial charge in [-0.25, -0.2) is 0 Å². The molecule has 1 amide bonds. The second-order valence-corrected chi connectivity index (χ2v) is 7.11. The maximum atomic E-state index is 12.1. The van der Waals surface area contributed by atoms with E-state index < -0.39 is 24.7 Å². The molecule has 29 heavy (non-hydrogen) atoms. The van der Waals surface area contributed by atoms with Crippen molar-refractivity contribution in [3.05, 3.63) is 57.9 Å². The van der Waals surface area contributed by atoms with Gasteiger partial charge in [0.05, 0.1) is 18.8 Å². The van der Waals surface area contributed by atoms with Crippen LogP contribution in [0.3, 0.4) is 0 Å².